The third-order valence-corrected chi connectivity index (χ3v) is 5.53. The van der Waals surface area contributed by atoms with Gasteiger partial charge in [-0.1, -0.05) is 24.3 Å². The number of fused-ring (bicyclic) bond motifs is 1. The number of rotatable bonds is 10. The van der Waals surface area contributed by atoms with Crippen molar-refractivity contribution in [3.8, 4) is 0 Å². The van der Waals surface area contributed by atoms with Crippen molar-refractivity contribution < 1.29 is 14.3 Å². The molecule has 176 valence electrons. The molecule has 1 unspecified atom stereocenters. The van der Waals surface area contributed by atoms with Crippen molar-refractivity contribution in [3.63, 3.8) is 0 Å². The van der Waals surface area contributed by atoms with Crippen molar-refractivity contribution >= 4 is 22.6 Å². The summed E-state index contributed by atoms with van der Waals surface area (Å²) in [6.07, 6.45) is 0.651. The predicted octanol–water partition coefficient (Wildman–Crippen LogP) is 3.98. The maximum absolute atomic E-state index is 13.3. The largest absolute Gasteiger partial charge is 0.385 e. The highest BCUT2D eigenvalue weighted by Gasteiger charge is 2.26. The summed E-state index contributed by atoms with van der Waals surface area (Å²) in [4.78, 5) is 33.1. The van der Waals surface area contributed by atoms with Crippen LogP contribution in [0.5, 0.6) is 0 Å². The molecule has 8 nitrogen and oxygen atoms in total. The summed E-state index contributed by atoms with van der Waals surface area (Å²) in [6, 6.07) is 14.2. The molecule has 3 rings (SSSR count). The van der Waals surface area contributed by atoms with E-state index in [1.807, 2.05) is 56.3 Å². The minimum absolute atomic E-state index is 0.143. The second-order valence-electron chi connectivity index (χ2n) is 7.95. The predicted molar refractivity (Wildman–Crippen MR) is 130 cm³/mol. The van der Waals surface area contributed by atoms with E-state index in [-0.39, 0.29) is 11.6 Å². The zero-order valence-electron chi connectivity index (χ0n) is 19.7. The molecule has 1 heterocycles. The number of amides is 2. The number of anilines is 1. The normalized spacial score (nSPS) is 12.0. The molecular weight excluding hydrogens is 420 g/mol. The van der Waals surface area contributed by atoms with E-state index in [0.29, 0.717) is 55.1 Å². The van der Waals surface area contributed by atoms with Crippen LogP contribution in [0.25, 0.3) is 10.9 Å². The molecule has 0 aliphatic carbocycles. The number of ether oxygens (including phenoxy) is 2. The van der Waals surface area contributed by atoms with Crippen LogP contribution in [0.2, 0.25) is 0 Å². The van der Waals surface area contributed by atoms with Crippen LogP contribution in [-0.4, -0.2) is 54.5 Å². The summed E-state index contributed by atoms with van der Waals surface area (Å²) >= 11 is 0. The van der Waals surface area contributed by atoms with Crippen LogP contribution in [-0.2, 0) is 16.0 Å². The van der Waals surface area contributed by atoms with Crippen LogP contribution in [0.4, 0.5) is 10.5 Å². The molecule has 0 spiro atoms. The molecule has 33 heavy (non-hydrogen) atoms. The van der Waals surface area contributed by atoms with Crippen molar-refractivity contribution in [2.45, 2.75) is 32.9 Å². The van der Waals surface area contributed by atoms with Gasteiger partial charge in [0.1, 0.15) is 5.82 Å². The molecule has 1 N–H and O–H groups in total. The number of nitrogens with zero attached hydrogens (tertiary/aromatic N) is 3. The first kappa shape index (κ1) is 24.4. The van der Waals surface area contributed by atoms with E-state index < -0.39 is 6.04 Å². The van der Waals surface area contributed by atoms with Crippen molar-refractivity contribution in [3.05, 3.63) is 70.3 Å². The Bertz CT molecular complexity index is 1140. The van der Waals surface area contributed by atoms with E-state index in [2.05, 4.69) is 5.32 Å². The van der Waals surface area contributed by atoms with Crippen LogP contribution in [0.3, 0.4) is 0 Å². The Balaban J connectivity index is 2.00. The number of hydrogen-bond acceptors (Lipinski definition) is 5. The summed E-state index contributed by atoms with van der Waals surface area (Å²) in [5.74, 6) is 0.521. The lowest BCUT2D eigenvalue weighted by Crippen LogP contribution is -2.41. The van der Waals surface area contributed by atoms with Gasteiger partial charge in [0.15, 0.2) is 0 Å². The van der Waals surface area contributed by atoms with Crippen molar-refractivity contribution in [1.29, 1.82) is 0 Å². The molecule has 1 atom stereocenters. The first-order valence-electron chi connectivity index (χ1n) is 11.1. The van der Waals surface area contributed by atoms with Crippen molar-refractivity contribution in [2.24, 2.45) is 0 Å². The van der Waals surface area contributed by atoms with Crippen molar-refractivity contribution in [2.75, 3.05) is 39.3 Å². The Morgan fingerprint density at radius 1 is 1.12 bits per heavy atom. The summed E-state index contributed by atoms with van der Waals surface area (Å²) in [5.41, 5.74) is 2.23. The highest BCUT2D eigenvalue weighted by Crippen LogP contribution is 2.22. The topological polar surface area (TPSA) is 85.7 Å². The molecule has 3 aromatic rings. The second kappa shape index (κ2) is 11.6. The number of aromatic nitrogens is 2. The number of carbonyl (C=O) groups excluding carboxylic acids is 1. The number of carbonyl (C=O) groups is 1. The Morgan fingerprint density at radius 3 is 2.61 bits per heavy atom. The number of hydrogen-bond donors (Lipinski definition) is 1. The zero-order valence-corrected chi connectivity index (χ0v) is 19.7. The number of methoxy groups -OCH3 is 2. The van der Waals surface area contributed by atoms with Crippen LogP contribution in [0, 0.1) is 6.92 Å². The fourth-order valence-electron chi connectivity index (χ4n) is 3.81. The third kappa shape index (κ3) is 5.97. The molecular formula is C25H32N4O4. The Hall–Kier alpha value is -3.23. The molecule has 0 bridgehead atoms. The quantitative estimate of drug-likeness (QED) is 0.470. The van der Waals surface area contributed by atoms with Gasteiger partial charge in [-0.15, -0.1) is 0 Å². The van der Waals surface area contributed by atoms with E-state index in [1.54, 1.807) is 29.8 Å². The van der Waals surface area contributed by atoms with Gasteiger partial charge in [0.05, 0.1) is 30.1 Å². The standard InChI is InChI=1S/C25H32N4O4/c1-18-9-7-10-20(17-18)26-25(31)28(13-8-15-32-3)19(2)23-27-22-12-6-5-11-21(22)24(30)29(23)14-16-33-4/h5-7,9-12,17,19H,8,13-16H2,1-4H3,(H,26,31). The fourth-order valence-corrected chi connectivity index (χ4v) is 3.81. The summed E-state index contributed by atoms with van der Waals surface area (Å²) < 4.78 is 12.0. The molecule has 2 amide bonds. The molecule has 0 radical (unpaired) electrons. The van der Waals surface area contributed by atoms with E-state index in [1.165, 1.54) is 0 Å². The van der Waals surface area contributed by atoms with Gasteiger partial charge >= 0.3 is 6.03 Å². The van der Waals surface area contributed by atoms with Gasteiger partial charge in [0.2, 0.25) is 0 Å². The monoisotopic (exact) mass is 452 g/mol. The molecule has 0 aliphatic rings. The number of nitrogens with one attached hydrogen (secondary N) is 1. The number of urea groups is 1. The second-order valence-corrected chi connectivity index (χ2v) is 7.95. The van der Waals surface area contributed by atoms with Crippen molar-refractivity contribution in [1.82, 2.24) is 14.5 Å². The average molecular weight is 453 g/mol. The molecule has 8 heteroatoms. The summed E-state index contributed by atoms with van der Waals surface area (Å²) in [5, 5.41) is 3.52. The summed E-state index contributed by atoms with van der Waals surface area (Å²) in [7, 11) is 3.23. The number of para-hydroxylation sites is 1. The summed E-state index contributed by atoms with van der Waals surface area (Å²) in [6.45, 7) is 5.53. The molecule has 0 saturated heterocycles. The maximum atomic E-state index is 13.3. The van der Waals surface area contributed by atoms with Crippen LogP contribution >= 0.6 is 0 Å². The van der Waals surface area contributed by atoms with E-state index in [4.69, 9.17) is 14.5 Å². The molecule has 0 saturated carbocycles. The van der Waals surface area contributed by atoms with Crippen LogP contribution in [0.15, 0.2) is 53.3 Å². The van der Waals surface area contributed by atoms with Gasteiger partial charge in [-0.25, -0.2) is 9.78 Å². The maximum Gasteiger partial charge on any atom is 0.322 e. The molecule has 0 fully saturated rings. The van der Waals surface area contributed by atoms with Crippen LogP contribution in [0.1, 0.15) is 30.8 Å². The minimum atomic E-state index is -0.458. The number of aryl methyl sites for hydroxylation is 1. The fraction of sp³-hybridized carbons (Fsp3) is 0.400. The van der Waals surface area contributed by atoms with Crippen LogP contribution < -0.4 is 10.9 Å². The van der Waals surface area contributed by atoms with Gasteiger partial charge in [0.25, 0.3) is 5.56 Å². The lowest BCUT2D eigenvalue weighted by atomic mass is 10.2. The van der Waals surface area contributed by atoms with Gasteiger partial charge < -0.3 is 19.7 Å². The Kier molecular flexibility index (Phi) is 8.57. The van der Waals surface area contributed by atoms with E-state index >= 15 is 0 Å². The minimum Gasteiger partial charge on any atom is -0.385 e. The van der Waals surface area contributed by atoms with Gasteiger partial charge in [-0.2, -0.15) is 0 Å². The SMILES string of the molecule is COCCCN(C(=O)Nc1cccc(C)c1)C(C)c1nc2ccccc2c(=O)n1CCOC. The first-order chi connectivity index (χ1) is 16.0. The Morgan fingerprint density at radius 2 is 1.88 bits per heavy atom. The van der Waals surface area contributed by atoms with E-state index in [0.717, 1.165) is 5.56 Å². The third-order valence-electron chi connectivity index (χ3n) is 5.53. The van der Waals surface area contributed by atoms with Gasteiger partial charge in [-0.3, -0.25) is 9.36 Å². The van der Waals surface area contributed by atoms with Gasteiger partial charge in [-0.05, 0) is 50.1 Å². The van der Waals surface area contributed by atoms with Gasteiger partial charge in [0, 0.05) is 33.1 Å². The molecule has 0 aliphatic heterocycles. The molecule has 1 aromatic heterocycles. The highest BCUT2D eigenvalue weighted by molar-refractivity contribution is 5.89. The number of benzene rings is 2. The lowest BCUT2D eigenvalue weighted by molar-refractivity contribution is 0.155. The first-order valence-corrected chi connectivity index (χ1v) is 11.1. The highest BCUT2D eigenvalue weighted by atomic mass is 16.5. The average Bonchev–Trinajstić information content (AvgIpc) is 2.81. The zero-order chi connectivity index (χ0) is 23.8. The van der Waals surface area contributed by atoms with E-state index in [9.17, 15) is 9.59 Å². The smallest absolute Gasteiger partial charge is 0.322 e. The molecule has 2 aromatic carbocycles. The lowest BCUT2D eigenvalue weighted by Gasteiger charge is -2.30. The Labute approximate surface area is 194 Å².